The van der Waals surface area contributed by atoms with Crippen LogP contribution in [0.15, 0.2) is 0 Å². The quantitative estimate of drug-likeness (QED) is 0.494. The third-order valence-corrected chi connectivity index (χ3v) is 2.98. The number of nitro groups is 1. The Balaban J connectivity index is 2.68. The molecule has 0 aliphatic heterocycles. The Morgan fingerprint density at radius 1 is 1.62 bits per heavy atom. The van der Waals surface area contributed by atoms with Gasteiger partial charge in [-0.25, -0.2) is 0 Å². The van der Waals surface area contributed by atoms with Gasteiger partial charge in [0.25, 0.3) is 0 Å². The molecular weight excluding hydrogens is 170 g/mol. The molecule has 4 heteroatoms. The van der Waals surface area contributed by atoms with Gasteiger partial charge in [0, 0.05) is 23.2 Å². The first-order valence-corrected chi connectivity index (χ1v) is 4.70. The van der Waals surface area contributed by atoms with Crippen molar-refractivity contribution in [2.24, 2.45) is 17.8 Å². The van der Waals surface area contributed by atoms with E-state index in [0.717, 1.165) is 6.42 Å². The molecule has 3 atom stereocenters. The second-order valence-corrected chi connectivity index (χ2v) is 3.84. The van der Waals surface area contributed by atoms with Crippen molar-refractivity contribution in [3.8, 4) is 0 Å². The minimum absolute atomic E-state index is 0.0347. The van der Waals surface area contributed by atoms with Gasteiger partial charge in [-0.3, -0.25) is 14.9 Å². The zero-order valence-corrected chi connectivity index (χ0v) is 8.03. The second kappa shape index (κ2) is 3.85. The van der Waals surface area contributed by atoms with Crippen molar-refractivity contribution < 1.29 is 9.72 Å². The molecule has 0 bridgehead atoms. The van der Waals surface area contributed by atoms with Crippen molar-refractivity contribution in [1.82, 2.24) is 0 Å². The van der Waals surface area contributed by atoms with E-state index < -0.39 is 0 Å². The Labute approximate surface area is 77.5 Å². The summed E-state index contributed by atoms with van der Waals surface area (Å²) < 4.78 is 0. The molecule has 0 heterocycles. The van der Waals surface area contributed by atoms with E-state index in [2.05, 4.69) is 0 Å². The number of carbonyl (C=O) groups excluding carboxylic acids is 1. The molecule has 0 aromatic heterocycles. The summed E-state index contributed by atoms with van der Waals surface area (Å²) in [4.78, 5) is 21.4. The molecule has 0 saturated heterocycles. The number of hydrogen-bond acceptors (Lipinski definition) is 3. The average molecular weight is 185 g/mol. The molecule has 1 rings (SSSR count). The maximum atomic E-state index is 11.4. The van der Waals surface area contributed by atoms with Gasteiger partial charge in [0.1, 0.15) is 5.78 Å². The highest BCUT2D eigenvalue weighted by Crippen LogP contribution is 2.35. The van der Waals surface area contributed by atoms with E-state index in [-0.39, 0.29) is 35.0 Å². The van der Waals surface area contributed by atoms with Crippen LogP contribution in [0.3, 0.4) is 0 Å². The van der Waals surface area contributed by atoms with Crippen molar-refractivity contribution in [3.63, 3.8) is 0 Å². The number of rotatable bonds is 3. The van der Waals surface area contributed by atoms with Gasteiger partial charge in [-0.1, -0.05) is 13.8 Å². The van der Waals surface area contributed by atoms with E-state index in [9.17, 15) is 14.9 Å². The van der Waals surface area contributed by atoms with E-state index in [1.54, 1.807) is 0 Å². The van der Waals surface area contributed by atoms with E-state index in [0.29, 0.717) is 6.42 Å². The third kappa shape index (κ3) is 2.05. The normalized spacial score (nSPS) is 33.7. The highest BCUT2D eigenvalue weighted by Gasteiger charge is 2.41. The van der Waals surface area contributed by atoms with Gasteiger partial charge in [0.15, 0.2) is 0 Å². The number of hydrogen-bond donors (Lipinski definition) is 0. The monoisotopic (exact) mass is 185 g/mol. The van der Waals surface area contributed by atoms with Gasteiger partial charge in [0.05, 0.1) is 0 Å². The van der Waals surface area contributed by atoms with Gasteiger partial charge in [-0.15, -0.1) is 0 Å². The molecule has 0 amide bonds. The lowest BCUT2D eigenvalue weighted by molar-refractivity contribution is -0.490. The first-order chi connectivity index (χ1) is 6.06. The Morgan fingerprint density at radius 2 is 2.23 bits per heavy atom. The van der Waals surface area contributed by atoms with Crippen LogP contribution in [-0.2, 0) is 4.79 Å². The van der Waals surface area contributed by atoms with Crippen LogP contribution in [0.2, 0.25) is 0 Å². The van der Waals surface area contributed by atoms with Gasteiger partial charge in [0.2, 0.25) is 6.54 Å². The molecule has 0 spiro atoms. The molecule has 1 aliphatic rings. The average Bonchev–Trinajstić information content (AvgIpc) is 2.26. The predicted octanol–water partition coefficient (Wildman–Crippen LogP) is 1.51. The van der Waals surface area contributed by atoms with Crippen molar-refractivity contribution in [1.29, 1.82) is 0 Å². The highest BCUT2D eigenvalue weighted by molar-refractivity contribution is 5.83. The summed E-state index contributed by atoms with van der Waals surface area (Å²) in [6.07, 6.45) is 1.26. The molecule has 0 aromatic rings. The third-order valence-electron chi connectivity index (χ3n) is 2.98. The fourth-order valence-electron chi connectivity index (χ4n) is 2.27. The summed E-state index contributed by atoms with van der Waals surface area (Å²) in [6.45, 7) is 3.81. The topological polar surface area (TPSA) is 60.2 Å². The largest absolute Gasteiger partial charge is 0.299 e. The SMILES string of the molecule is CC[C@@H]1C(=O)C[C@H](C)[C@H]1C[N+](=O)[O-]. The molecule has 74 valence electrons. The molecule has 0 N–H and O–H groups in total. The van der Waals surface area contributed by atoms with Crippen LogP contribution in [0.25, 0.3) is 0 Å². The minimum Gasteiger partial charge on any atom is -0.299 e. The summed E-state index contributed by atoms with van der Waals surface area (Å²) in [5.74, 6) is 0.289. The molecule has 4 nitrogen and oxygen atoms in total. The molecule has 0 unspecified atom stereocenters. The summed E-state index contributed by atoms with van der Waals surface area (Å²) in [6, 6.07) is 0. The van der Waals surface area contributed by atoms with Crippen molar-refractivity contribution in [2.75, 3.05) is 6.54 Å². The Hall–Kier alpha value is -0.930. The first kappa shape index (κ1) is 10.2. The van der Waals surface area contributed by atoms with Crippen LogP contribution in [0, 0.1) is 27.9 Å². The maximum Gasteiger partial charge on any atom is 0.207 e. The van der Waals surface area contributed by atoms with E-state index in [1.165, 1.54) is 0 Å². The first-order valence-electron chi connectivity index (χ1n) is 4.70. The van der Waals surface area contributed by atoms with Crippen LogP contribution in [0.5, 0.6) is 0 Å². The molecule has 0 radical (unpaired) electrons. The maximum absolute atomic E-state index is 11.4. The van der Waals surface area contributed by atoms with E-state index in [4.69, 9.17) is 0 Å². The van der Waals surface area contributed by atoms with Crippen molar-refractivity contribution >= 4 is 5.78 Å². The number of ketones is 1. The molecule has 0 aromatic carbocycles. The second-order valence-electron chi connectivity index (χ2n) is 3.84. The minimum atomic E-state index is -0.303. The smallest absolute Gasteiger partial charge is 0.207 e. The fourth-order valence-corrected chi connectivity index (χ4v) is 2.27. The van der Waals surface area contributed by atoms with Gasteiger partial charge >= 0.3 is 0 Å². The van der Waals surface area contributed by atoms with Crippen LogP contribution >= 0.6 is 0 Å². The van der Waals surface area contributed by atoms with Crippen molar-refractivity contribution in [2.45, 2.75) is 26.7 Å². The number of carbonyl (C=O) groups is 1. The molecule has 1 saturated carbocycles. The van der Waals surface area contributed by atoms with Gasteiger partial charge in [-0.05, 0) is 12.3 Å². The standard InChI is InChI=1S/C9H15NO3/c1-3-7-8(5-10(12)13)6(2)4-9(7)11/h6-8H,3-5H2,1-2H3/t6-,7-,8+/m0/s1. The summed E-state index contributed by atoms with van der Waals surface area (Å²) >= 11 is 0. The summed E-state index contributed by atoms with van der Waals surface area (Å²) in [7, 11) is 0. The zero-order chi connectivity index (χ0) is 10.0. The number of Topliss-reactive ketones (excluding diaryl/α,β-unsaturated/α-hetero) is 1. The lowest BCUT2D eigenvalue weighted by Gasteiger charge is -2.15. The fraction of sp³-hybridized carbons (Fsp3) is 0.889. The molecular formula is C9H15NO3. The summed E-state index contributed by atoms with van der Waals surface area (Å²) in [5.41, 5.74) is 0. The lowest BCUT2D eigenvalue weighted by Crippen LogP contribution is -2.24. The Morgan fingerprint density at radius 3 is 2.69 bits per heavy atom. The Bertz CT molecular complexity index is 227. The Kier molecular flexibility index (Phi) is 3.01. The lowest BCUT2D eigenvalue weighted by atomic mass is 9.89. The van der Waals surface area contributed by atoms with Crippen LogP contribution in [0.1, 0.15) is 26.7 Å². The zero-order valence-electron chi connectivity index (χ0n) is 8.03. The van der Waals surface area contributed by atoms with Crippen molar-refractivity contribution in [3.05, 3.63) is 10.1 Å². The molecule has 1 fully saturated rings. The van der Waals surface area contributed by atoms with Gasteiger partial charge in [-0.2, -0.15) is 0 Å². The predicted molar refractivity (Wildman–Crippen MR) is 47.9 cm³/mol. The van der Waals surface area contributed by atoms with E-state index in [1.807, 2.05) is 13.8 Å². The highest BCUT2D eigenvalue weighted by atomic mass is 16.6. The van der Waals surface area contributed by atoms with Crippen LogP contribution < -0.4 is 0 Å². The molecule has 1 aliphatic carbocycles. The molecule has 13 heavy (non-hydrogen) atoms. The summed E-state index contributed by atoms with van der Waals surface area (Å²) in [5, 5.41) is 10.4. The number of nitrogens with zero attached hydrogens (tertiary/aromatic N) is 1. The van der Waals surface area contributed by atoms with Crippen LogP contribution in [0.4, 0.5) is 0 Å². The van der Waals surface area contributed by atoms with E-state index >= 15 is 0 Å². The van der Waals surface area contributed by atoms with Crippen LogP contribution in [-0.4, -0.2) is 17.3 Å². The van der Waals surface area contributed by atoms with Gasteiger partial charge < -0.3 is 0 Å².